The highest BCUT2D eigenvalue weighted by Gasteiger charge is 2.30. The molecule has 10 heteroatoms. The number of esters is 1. The normalized spacial score (nSPS) is 14.5. The predicted octanol–water partition coefficient (Wildman–Crippen LogP) is 2.76. The molecule has 1 amide bonds. The van der Waals surface area contributed by atoms with Crippen molar-refractivity contribution in [2.24, 2.45) is 5.10 Å². The number of anilines is 1. The van der Waals surface area contributed by atoms with E-state index in [4.69, 9.17) is 16.3 Å². The average molecular weight is 455 g/mol. The molecule has 1 aliphatic heterocycles. The lowest BCUT2D eigenvalue weighted by Gasteiger charge is -2.15. The number of hydrazone groups is 1. The zero-order valence-electron chi connectivity index (χ0n) is 17.5. The van der Waals surface area contributed by atoms with E-state index in [0.29, 0.717) is 16.4 Å². The molecule has 0 saturated carbocycles. The van der Waals surface area contributed by atoms with Crippen LogP contribution in [0.3, 0.4) is 0 Å². The molecule has 0 unspecified atom stereocenters. The Kier molecular flexibility index (Phi) is 6.46. The smallest absolute Gasteiger partial charge is 0.302 e. The Morgan fingerprint density at radius 2 is 1.94 bits per heavy atom. The van der Waals surface area contributed by atoms with Gasteiger partial charge in [0.05, 0.1) is 23.5 Å². The van der Waals surface area contributed by atoms with Gasteiger partial charge in [0.2, 0.25) is 5.88 Å². The van der Waals surface area contributed by atoms with Gasteiger partial charge in [-0.25, -0.2) is 0 Å². The minimum Gasteiger partial charge on any atom is -0.494 e. The van der Waals surface area contributed by atoms with Gasteiger partial charge in [0.25, 0.3) is 11.5 Å². The lowest BCUT2D eigenvalue weighted by molar-refractivity contribution is -0.141. The van der Waals surface area contributed by atoms with Crippen molar-refractivity contribution in [1.29, 1.82) is 5.26 Å². The number of hydrogen-bond donors (Lipinski definition) is 1. The van der Waals surface area contributed by atoms with E-state index >= 15 is 0 Å². The standard InChI is InChI=1S/C22H19ClN4O5/c1-12-17(20(29)26(8-9-32-14(3)28)21(30)19(12)11-24)10-18-13(2)25-27(22(18)31)16-6-4-15(23)5-7-16/h4-7,10,29H,8-9H2,1-3H3/b18-10-. The monoisotopic (exact) mass is 454 g/mol. The molecule has 1 aliphatic rings. The van der Waals surface area contributed by atoms with Gasteiger partial charge in [-0.05, 0) is 49.8 Å². The van der Waals surface area contributed by atoms with E-state index in [1.807, 2.05) is 6.07 Å². The van der Waals surface area contributed by atoms with E-state index in [2.05, 4.69) is 5.10 Å². The van der Waals surface area contributed by atoms with E-state index in [-0.39, 0.29) is 35.4 Å². The summed E-state index contributed by atoms with van der Waals surface area (Å²) in [7, 11) is 0. The Balaban J connectivity index is 2.07. The van der Waals surface area contributed by atoms with Crippen molar-refractivity contribution >= 4 is 41.0 Å². The number of carbonyl (C=O) groups is 2. The number of carbonyl (C=O) groups excluding carboxylic acids is 2. The number of aromatic hydroxyl groups is 1. The lowest BCUT2D eigenvalue weighted by Crippen LogP contribution is -2.27. The molecule has 0 bridgehead atoms. The van der Waals surface area contributed by atoms with Crippen LogP contribution in [0.4, 0.5) is 5.69 Å². The van der Waals surface area contributed by atoms with Gasteiger partial charge < -0.3 is 9.84 Å². The number of nitrogens with zero attached hydrogens (tertiary/aromatic N) is 4. The van der Waals surface area contributed by atoms with Crippen LogP contribution in [0.15, 0.2) is 39.7 Å². The molecular weight excluding hydrogens is 436 g/mol. The van der Waals surface area contributed by atoms with Crippen molar-refractivity contribution in [1.82, 2.24) is 4.57 Å². The molecule has 1 aromatic heterocycles. The molecule has 1 N–H and O–H groups in total. The van der Waals surface area contributed by atoms with Crippen molar-refractivity contribution in [3.05, 3.63) is 61.9 Å². The number of hydrogen-bond acceptors (Lipinski definition) is 7. The summed E-state index contributed by atoms with van der Waals surface area (Å²) < 4.78 is 5.78. The predicted molar refractivity (Wildman–Crippen MR) is 118 cm³/mol. The van der Waals surface area contributed by atoms with Gasteiger partial charge in [-0.3, -0.25) is 19.0 Å². The fourth-order valence-corrected chi connectivity index (χ4v) is 3.34. The highest BCUT2D eigenvalue weighted by Crippen LogP contribution is 2.29. The summed E-state index contributed by atoms with van der Waals surface area (Å²) in [5.74, 6) is -1.44. The first-order chi connectivity index (χ1) is 15.1. The highest BCUT2D eigenvalue weighted by molar-refractivity contribution is 6.32. The molecule has 0 spiro atoms. The van der Waals surface area contributed by atoms with Crippen molar-refractivity contribution in [2.45, 2.75) is 27.3 Å². The minimum atomic E-state index is -0.720. The average Bonchev–Trinajstić information content (AvgIpc) is 3.02. The second-order valence-corrected chi connectivity index (χ2v) is 7.42. The summed E-state index contributed by atoms with van der Waals surface area (Å²) in [6, 6.07) is 8.39. The second-order valence-electron chi connectivity index (χ2n) is 6.98. The summed E-state index contributed by atoms with van der Waals surface area (Å²) in [6.07, 6.45) is 1.39. The molecule has 9 nitrogen and oxygen atoms in total. The number of aromatic nitrogens is 1. The van der Waals surface area contributed by atoms with Gasteiger partial charge in [-0.2, -0.15) is 15.4 Å². The first-order valence-corrected chi connectivity index (χ1v) is 9.90. The molecule has 164 valence electrons. The SMILES string of the molecule is CC(=O)OCCn1c(O)c(/C=C2\C(=O)N(c3ccc(Cl)cc3)N=C2C)c(C)c(C#N)c1=O. The quantitative estimate of drug-likeness (QED) is 0.547. The third kappa shape index (κ3) is 4.26. The second kappa shape index (κ2) is 9.08. The Hall–Kier alpha value is -3.90. The third-order valence-corrected chi connectivity index (χ3v) is 5.14. The summed E-state index contributed by atoms with van der Waals surface area (Å²) in [4.78, 5) is 36.6. The number of pyridine rings is 1. The maximum Gasteiger partial charge on any atom is 0.302 e. The summed E-state index contributed by atoms with van der Waals surface area (Å²) in [6.45, 7) is 4.03. The van der Waals surface area contributed by atoms with Gasteiger partial charge in [-0.15, -0.1) is 0 Å². The van der Waals surface area contributed by atoms with Gasteiger partial charge >= 0.3 is 5.97 Å². The van der Waals surface area contributed by atoms with E-state index in [0.717, 1.165) is 4.57 Å². The van der Waals surface area contributed by atoms with E-state index in [9.17, 15) is 24.8 Å². The van der Waals surface area contributed by atoms with E-state index < -0.39 is 23.3 Å². The molecule has 1 aromatic carbocycles. The van der Waals surface area contributed by atoms with Crippen LogP contribution in [0.1, 0.15) is 30.5 Å². The maximum atomic E-state index is 13.0. The molecule has 0 radical (unpaired) electrons. The van der Waals surface area contributed by atoms with Gasteiger partial charge in [0.15, 0.2) is 0 Å². The Morgan fingerprint density at radius 1 is 1.28 bits per heavy atom. The van der Waals surface area contributed by atoms with Gasteiger partial charge in [0.1, 0.15) is 18.2 Å². The number of ether oxygens (including phenoxy) is 1. The molecule has 0 saturated heterocycles. The topological polar surface area (TPSA) is 125 Å². The molecule has 0 aliphatic carbocycles. The molecule has 2 aromatic rings. The van der Waals surface area contributed by atoms with Gasteiger partial charge in [0, 0.05) is 17.5 Å². The van der Waals surface area contributed by atoms with Crippen molar-refractivity contribution in [2.75, 3.05) is 11.6 Å². The highest BCUT2D eigenvalue weighted by atomic mass is 35.5. The lowest BCUT2D eigenvalue weighted by atomic mass is 10.0. The van der Waals surface area contributed by atoms with Crippen LogP contribution in [0.25, 0.3) is 6.08 Å². The number of benzene rings is 1. The molecule has 0 atom stereocenters. The van der Waals surface area contributed by atoms with E-state index in [1.54, 1.807) is 31.2 Å². The number of rotatable bonds is 5. The molecule has 2 heterocycles. The van der Waals surface area contributed by atoms with Crippen LogP contribution < -0.4 is 10.6 Å². The zero-order valence-corrected chi connectivity index (χ0v) is 18.3. The Labute approximate surface area is 188 Å². The van der Waals surface area contributed by atoms with E-state index in [1.165, 1.54) is 24.9 Å². The Morgan fingerprint density at radius 3 is 2.53 bits per heavy atom. The van der Waals surface area contributed by atoms with Crippen molar-refractivity contribution in [3.8, 4) is 11.9 Å². The fourth-order valence-electron chi connectivity index (χ4n) is 3.22. The summed E-state index contributed by atoms with van der Waals surface area (Å²) >= 11 is 5.90. The zero-order chi connectivity index (χ0) is 23.6. The number of halogens is 1. The molecule has 0 fully saturated rings. The largest absolute Gasteiger partial charge is 0.494 e. The summed E-state index contributed by atoms with van der Waals surface area (Å²) in [5.41, 5.74) is 0.519. The molecule has 3 rings (SSSR count). The number of amides is 1. The third-order valence-electron chi connectivity index (χ3n) is 4.89. The van der Waals surface area contributed by atoms with Crippen LogP contribution in [-0.2, 0) is 20.9 Å². The molecule has 32 heavy (non-hydrogen) atoms. The van der Waals surface area contributed by atoms with Crippen LogP contribution in [-0.4, -0.2) is 33.9 Å². The van der Waals surface area contributed by atoms with Crippen molar-refractivity contribution < 1.29 is 19.4 Å². The Bertz CT molecular complexity index is 1270. The van der Waals surface area contributed by atoms with Gasteiger partial charge in [-0.1, -0.05) is 11.6 Å². The van der Waals surface area contributed by atoms with Crippen LogP contribution in [0.2, 0.25) is 5.02 Å². The van der Waals surface area contributed by atoms with Crippen LogP contribution in [0, 0.1) is 18.3 Å². The van der Waals surface area contributed by atoms with Crippen LogP contribution in [0.5, 0.6) is 5.88 Å². The minimum absolute atomic E-state index is 0.125. The number of nitriles is 1. The first-order valence-electron chi connectivity index (χ1n) is 9.52. The van der Waals surface area contributed by atoms with Crippen molar-refractivity contribution in [3.63, 3.8) is 0 Å². The fraction of sp³-hybridized carbons (Fsp3) is 0.227. The first kappa shape index (κ1) is 22.8. The summed E-state index contributed by atoms with van der Waals surface area (Å²) in [5, 5.41) is 26.2. The van der Waals surface area contributed by atoms with Crippen LogP contribution >= 0.6 is 11.6 Å². The maximum absolute atomic E-state index is 13.0. The molecular formula is C22H19ClN4O5.